The lowest BCUT2D eigenvalue weighted by Crippen LogP contribution is -2.18. The molecule has 0 aliphatic carbocycles. The Kier molecular flexibility index (Phi) is 2.44. The van der Waals surface area contributed by atoms with Gasteiger partial charge in [-0.3, -0.25) is 4.79 Å². The lowest BCUT2D eigenvalue weighted by molar-refractivity contribution is 0.0960. The van der Waals surface area contributed by atoms with E-state index in [2.05, 4.69) is 5.32 Å². The first-order chi connectivity index (χ1) is 5.25. The highest BCUT2D eigenvalue weighted by molar-refractivity contribution is 7.58. The molecule has 0 atom stereocenters. The molecule has 11 heavy (non-hydrogen) atoms. The van der Waals surface area contributed by atoms with Crippen molar-refractivity contribution >= 4 is 18.5 Å². The fraction of sp³-hybridized carbons (Fsp3) is 0.125. The number of rotatable bonds is 1. The molecule has 0 spiro atoms. The molecule has 2 nitrogen and oxygen atoms in total. The molecule has 0 radical (unpaired) electrons. The Morgan fingerprint density at radius 3 is 2.64 bits per heavy atom. The van der Waals surface area contributed by atoms with Crippen LogP contribution in [0.4, 0.5) is 0 Å². The highest BCUT2D eigenvalue weighted by atomic mass is 32.1. The third-order valence-electron chi connectivity index (χ3n) is 1.36. The van der Waals surface area contributed by atoms with Gasteiger partial charge < -0.3 is 17.9 Å². The van der Waals surface area contributed by atoms with Crippen LogP contribution in [0.25, 0.3) is 0 Å². The van der Waals surface area contributed by atoms with Gasteiger partial charge in [-0.05, 0) is 0 Å². The zero-order chi connectivity index (χ0) is 8.27. The second-order valence-electron chi connectivity index (χ2n) is 2.08. The summed E-state index contributed by atoms with van der Waals surface area (Å²) in [5.41, 5.74) is 0.560. The maximum Gasteiger partial charge on any atom is 0.249 e. The van der Waals surface area contributed by atoms with Crippen LogP contribution in [0.3, 0.4) is 0 Å². The van der Waals surface area contributed by atoms with E-state index < -0.39 is 0 Å². The van der Waals surface area contributed by atoms with Crippen LogP contribution < -0.4 is 5.32 Å². The summed E-state index contributed by atoms with van der Waals surface area (Å²) in [7, 11) is 1.59. The predicted molar refractivity (Wildman–Crippen MR) is 45.5 cm³/mol. The van der Waals surface area contributed by atoms with E-state index in [0.717, 1.165) is 0 Å². The van der Waals surface area contributed by atoms with Crippen LogP contribution in [0.15, 0.2) is 29.2 Å². The number of carbonyl (C=O) groups excluding carboxylic acids is 1. The van der Waals surface area contributed by atoms with Crippen LogP contribution in [0.1, 0.15) is 10.4 Å². The molecular weight excluding hydrogens is 158 g/mol. The Labute approximate surface area is 71.0 Å². The second-order valence-corrected chi connectivity index (χ2v) is 2.52. The number of hydrogen-bond donors (Lipinski definition) is 1. The molecule has 1 aromatic carbocycles. The van der Waals surface area contributed by atoms with Crippen molar-refractivity contribution in [2.75, 3.05) is 7.05 Å². The van der Waals surface area contributed by atoms with Gasteiger partial charge in [0.05, 0.1) is 0 Å². The molecule has 58 valence electrons. The first-order valence-corrected chi connectivity index (χ1v) is 3.64. The summed E-state index contributed by atoms with van der Waals surface area (Å²) < 4.78 is 0. The first-order valence-electron chi connectivity index (χ1n) is 3.24. The van der Waals surface area contributed by atoms with E-state index in [0.29, 0.717) is 10.5 Å². The minimum Gasteiger partial charge on any atom is -0.779 e. The smallest absolute Gasteiger partial charge is 0.249 e. The van der Waals surface area contributed by atoms with Crippen molar-refractivity contribution in [2.24, 2.45) is 0 Å². The molecule has 0 aliphatic rings. The monoisotopic (exact) mass is 166 g/mol. The maximum atomic E-state index is 11.1. The van der Waals surface area contributed by atoms with E-state index in [4.69, 9.17) is 12.6 Å². The SMILES string of the molecule is CNC(=O)c1ccccc1[S-]. The van der Waals surface area contributed by atoms with Crippen molar-refractivity contribution < 1.29 is 4.79 Å². The van der Waals surface area contributed by atoms with Gasteiger partial charge in [0.1, 0.15) is 0 Å². The third-order valence-corrected chi connectivity index (χ3v) is 1.71. The zero-order valence-electron chi connectivity index (χ0n) is 6.13. The quantitative estimate of drug-likeness (QED) is 0.629. The summed E-state index contributed by atoms with van der Waals surface area (Å²) in [6, 6.07) is 7.05. The van der Waals surface area contributed by atoms with Crippen molar-refractivity contribution in [3.63, 3.8) is 0 Å². The average molecular weight is 166 g/mol. The third kappa shape index (κ3) is 1.68. The van der Waals surface area contributed by atoms with Crippen molar-refractivity contribution in [1.29, 1.82) is 0 Å². The van der Waals surface area contributed by atoms with E-state index >= 15 is 0 Å². The number of amides is 1. The molecule has 1 N–H and O–H groups in total. The lowest BCUT2D eigenvalue weighted by Gasteiger charge is -2.10. The molecule has 0 fully saturated rings. The first kappa shape index (κ1) is 8.01. The normalized spacial score (nSPS) is 9.18. The molecule has 0 saturated carbocycles. The topological polar surface area (TPSA) is 29.1 Å². The maximum absolute atomic E-state index is 11.1. The Balaban J connectivity index is 3.03. The van der Waals surface area contributed by atoms with Crippen LogP contribution in [-0.2, 0) is 12.6 Å². The number of benzene rings is 1. The van der Waals surface area contributed by atoms with Gasteiger partial charge in [0, 0.05) is 12.6 Å². The highest BCUT2D eigenvalue weighted by Crippen LogP contribution is 2.06. The van der Waals surface area contributed by atoms with Gasteiger partial charge >= 0.3 is 0 Å². The number of carbonyl (C=O) groups is 1. The molecule has 0 aromatic heterocycles. The van der Waals surface area contributed by atoms with E-state index in [1.165, 1.54) is 0 Å². The fourth-order valence-corrected chi connectivity index (χ4v) is 1.03. The molecule has 0 heterocycles. The summed E-state index contributed by atoms with van der Waals surface area (Å²) in [5.74, 6) is -0.129. The van der Waals surface area contributed by atoms with E-state index in [-0.39, 0.29) is 5.91 Å². The minimum absolute atomic E-state index is 0.129. The fourth-order valence-electron chi connectivity index (χ4n) is 0.789. The molecule has 1 aromatic rings. The minimum atomic E-state index is -0.129. The molecule has 0 bridgehead atoms. The second kappa shape index (κ2) is 3.34. The van der Waals surface area contributed by atoms with Crippen LogP contribution in [0.5, 0.6) is 0 Å². The van der Waals surface area contributed by atoms with Crippen LogP contribution in [-0.4, -0.2) is 13.0 Å². The van der Waals surface area contributed by atoms with Crippen molar-refractivity contribution in [1.82, 2.24) is 5.32 Å². The molecule has 0 aliphatic heterocycles. The Hall–Kier alpha value is -1.09. The largest absolute Gasteiger partial charge is 0.779 e. The predicted octanol–water partition coefficient (Wildman–Crippen LogP) is 0.952. The summed E-state index contributed by atoms with van der Waals surface area (Å²) in [6.45, 7) is 0. The highest BCUT2D eigenvalue weighted by Gasteiger charge is 1.99. The average Bonchev–Trinajstić information content (AvgIpc) is 2.04. The summed E-state index contributed by atoms with van der Waals surface area (Å²) in [6.07, 6.45) is 0. The summed E-state index contributed by atoms with van der Waals surface area (Å²) in [4.78, 5) is 11.6. The Morgan fingerprint density at radius 1 is 1.45 bits per heavy atom. The van der Waals surface area contributed by atoms with Gasteiger partial charge in [0.2, 0.25) is 5.91 Å². The number of hydrogen-bond acceptors (Lipinski definition) is 2. The van der Waals surface area contributed by atoms with E-state index in [1.807, 2.05) is 6.07 Å². The van der Waals surface area contributed by atoms with Crippen molar-refractivity contribution in [3.8, 4) is 0 Å². The molecule has 0 saturated heterocycles. The van der Waals surface area contributed by atoms with E-state index in [1.54, 1.807) is 25.2 Å². The molecule has 1 rings (SSSR count). The van der Waals surface area contributed by atoms with Gasteiger partial charge in [0.15, 0.2) is 0 Å². The zero-order valence-corrected chi connectivity index (χ0v) is 6.94. The Bertz CT molecular complexity index is 273. The van der Waals surface area contributed by atoms with Gasteiger partial charge in [-0.15, -0.1) is 0 Å². The van der Waals surface area contributed by atoms with Crippen LogP contribution in [0.2, 0.25) is 0 Å². The van der Waals surface area contributed by atoms with E-state index in [9.17, 15) is 4.79 Å². The molecule has 1 amide bonds. The standard InChI is InChI=1S/C8H9NOS/c1-9-8(10)6-4-2-3-5-7(6)11/h2-5,11H,1H3,(H,9,10)/p-1. The number of nitrogens with one attached hydrogen (secondary N) is 1. The Morgan fingerprint density at radius 2 is 2.09 bits per heavy atom. The summed E-state index contributed by atoms with van der Waals surface area (Å²) in [5, 5.41) is 2.52. The molecule has 3 heteroatoms. The van der Waals surface area contributed by atoms with Gasteiger partial charge in [0.25, 0.3) is 0 Å². The van der Waals surface area contributed by atoms with Crippen LogP contribution in [0, 0.1) is 0 Å². The lowest BCUT2D eigenvalue weighted by atomic mass is 10.2. The van der Waals surface area contributed by atoms with Crippen molar-refractivity contribution in [2.45, 2.75) is 4.90 Å². The van der Waals surface area contributed by atoms with Crippen LogP contribution >= 0.6 is 0 Å². The van der Waals surface area contributed by atoms with Gasteiger partial charge in [-0.2, -0.15) is 4.90 Å². The van der Waals surface area contributed by atoms with Gasteiger partial charge in [-0.25, -0.2) is 0 Å². The summed E-state index contributed by atoms with van der Waals surface area (Å²) >= 11 is 4.93. The van der Waals surface area contributed by atoms with Gasteiger partial charge in [-0.1, -0.05) is 24.3 Å². The molecular formula is C8H8NOS-. The van der Waals surface area contributed by atoms with Crippen molar-refractivity contribution in [3.05, 3.63) is 29.8 Å². The molecule has 0 unspecified atom stereocenters.